The minimum absolute atomic E-state index is 0.0432. The Kier molecular flexibility index (Phi) is 12.3. The molecule has 6 heteroatoms. The van der Waals surface area contributed by atoms with E-state index in [1.54, 1.807) is 0 Å². The molecule has 1 aliphatic heterocycles. The molecular weight excluding hydrogens is 368 g/mol. The molecule has 1 aliphatic rings. The molecule has 166 valence electrons. The van der Waals surface area contributed by atoms with Crippen molar-refractivity contribution in [1.29, 1.82) is 0 Å². The Labute approximate surface area is 176 Å². The molecule has 0 aromatic heterocycles. The predicted molar refractivity (Wildman–Crippen MR) is 115 cm³/mol. The normalized spacial score (nSPS) is 22.1. The van der Waals surface area contributed by atoms with Gasteiger partial charge in [0.1, 0.15) is 6.61 Å². The lowest BCUT2D eigenvalue weighted by Gasteiger charge is -2.25. The van der Waals surface area contributed by atoms with E-state index >= 15 is 0 Å². The zero-order valence-corrected chi connectivity index (χ0v) is 18.7. The molecule has 0 spiro atoms. The fourth-order valence-corrected chi connectivity index (χ4v) is 3.58. The first-order valence-corrected chi connectivity index (χ1v) is 11.3. The SMILES string of the molecule is CCC(CC)C[C@H]1COC(=O)CCCCC=CC[C@H](CC(=O)NC(C)C)C(=O)N1. The molecule has 2 N–H and O–H groups in total. The van der Waals surface area contributed by atoms with E-state index in [1.165, 1.54) is 0 Å². The summed E-state index contributed by atoms with van der Waals surface area (Å²) in [5.41, 5.74) is 0. The first-order valence-electron chi connectivity index (χ1n) is 11.3. The summed E-state index contributed by atoms with van der Waals surface area (Å²) in [4.78, 5) is 37.3. The van der Waals surface area contributed by atoms with Crippen molar-refractivity contribution < 1.29 is 19.1 Å². The number of allylic oxidation sites excluding steroid dienone is 2. The van der Waals surface area contributed by atoms with Crippen LogP contribution in [0.15, 0.2) is 12.2 Å². The van der Waals surface area contributed by atoms with Gasteiger partial charge >= 0.3 is 5.97 Å². The van der Waals surface area contributed by atoms with Gasteiger partial charge in [0.15, 0.2) is 0 Å². The monoisotopic (exact) mass is 408 g/mol. The number of amides is 2. The van der Waals surface area contributed by atoms with E-state index in [0.29, 0.717) is 18.8 Å². The Morgan fingerprint density at radius 3 is 2.59 bits per heavy atom. The Morgan fingerprint density at radius 2 is 1.93 bits per heavy atom. The summed E-state index contributed by atoms with van der Waals surface area (Å²) < 4.78 is 5.46. The van der Waals surface area contributed by atoms with Crippen molar-refractivity contribution in [2.75, 3.05) is 6.61 Å². The standard InChI is InChI=1S/C23H40N2O4/c1-5-18(6-2)14-20-16-29-22(27)13-11-9-7-8-10-12-19(23(28)25-20)15-21(26)24-17(3)4/h8,10,17-20H,5-7,9,11-16H2,1-4H3,(H,24,26)(H,25,28)/t19-,20+/m1/s1. The van der Waals surface area contributed by atoms with Crippen LogP contribution in [0.1, 0.15) is 85.5 Å². The second kappa shape index (κ2) is 14.2. The quantitative estimate of drug-likeness (QED) is 0.494. The number of carbonyl (C=O) groups is 3. The highest BCUT2D eigenvalue weighted by Gasteiger charge is 2.25. The smallest absolute Gasteiger partial charge is 0.305 e. The highest BCUT2D eigenvalue weighted by Crippen LogP contribution is 2.18. The van der Waals surface area contributed by atoms with Crippen LogP contribution in [0.3, 0.4) is 0 Å². The summed E-state index contributed by atoms with van der Waals surface area (Å²) in [7, 11) is 0. The van der Waals surface area contributed by atoms with Crippen LogP contribution in [0.5, 0.6) is 0 Å². The van der Waals surface area contributed by atoms with Gasteiger partial charge in [-0.2, -0.15) is 0 Å². The molecule has 0 radical (unpaired) electrons. The lowest BCUT2D eigenvalue weighted by molar-refractivity contribution is -0.145. The summed E-state index contributed by atoms with van der Waals surface area (Å²) >= 11 is 0. The van der Waals surface area contributed by atoms with Crippen LogP contribution in [0.4, 0.5) is 0 Å². The molecule has 0 aromatic rings. The third-order valence-electron chi connectivity index (χ3n) is 5.41. The van der Waals surface area contributed by atoms with Crippen molar-refractivity contribution in [2.45, 2.75) is 97.6 Å². The van der Waals surface area contributed by atoms with Crippen molar-refractivity contribution >= 4 is 17.8 Å². The van der Waals surface area contributed by atoms with Gasteiger partial charge in [-0.25, -0.2) is 0 Å². The molecule has 2 amide bonds. The Morgan fingerprint density at radius 1 is 1.21 bits per heavy atom. The van der Waals surface area contributed by atoms with Crippen molar-refractivity contribution in [1.82, 2.24) is 10.6 Å². The fourth-order valence-electron chi connectivity index (χ4n) is 3.58. The van der Waals surface area contributed by atoms with Gasteiger partial charge in [-0.05, 0) is 51.9 Å². The summed E-state index contributed by atoms with van der Waals surface area (Å²) in [6.45, 7) is 8.28. The van der Waals surface area contributed by atoms with Crippen LogP contribution in [0.25, 0.3) is 0 Å². The molecule has 0 fully saturated rings. The van der Waals surface area contributed by atoms with Crippen LogP contribution >= 0.6 is 0 Å². The second-order valence-electron chi connectivity index (χ2n) is 8.38. The van der Waals surface area contributed by atoms with E-state index in [0.717, 1.165) is 38.5 Å². The Bertz CT molecular complexity index is 541. The lowest BCUT2D eigenvalue weighted by Crippen LogP contribution is -2.44. The summed E-state index contributed by atoms with van der Waals surface area (Å²) in [6, 6.07) is -0.180. The molecule has 2 atom stereocenters. The molecule has 0 aliphatic carbocycles. The summed E-state index contributed by atoms with van der Waals surface area (Å²) in [5, 5.41) is 5.94. The first-order chi connectivity index (χ1) is 13.8. The molecular formula is C23H40N2O4. The second-order valence-corrected chi connectivity index (χ2v) is 8.38. The van der Waals surface area contributed by atoms with Gasteiger partial charge in [-0.15, -0.1) is 0 Å². The Hall–Kier alpha value is -1.85. The highest BCUT2D eigenvalue weighted by molar-refractivity contribution is 5.86. The van der Waals surface area contributed by atoms with E-state index in [2.05, 4.69) is 24.5 Å². The molecule has 0 unspecified atom stereocenters. The van der Waals surface area contributed by atoms with E-state index in [1.807, 2.05) is 26.0 Å². The number of carbonyl (C=O) groups excluding carboxylic acids is 3. The maximum Gasteiger partial charge on any atom is 0.305 e. The molecule has 0 saturated heterocycles. The third kappa shape index (κ3) is 11.1. The zero-order valence-electron chi connectivity index (χ0n) is 18.7. The summed E-state index contributed by atoms with van der Waals surface area (Å²) in [6.07, 6.45) is 10.5. The number of hydrogen-bond donors (Lipinski definition) is 2. The van der Waals surface area contributed by atoms with Gasteiger partial charge < -0.3 is 15.4 Å². The van der Waals surface area contributed by atoms with Gasteiger partial charge in [0, 0.05) is 18.9 Å². The van der Waals surface area contributed by atoms with Crippen LogP contribution < -0.4 is 10.6 Å². The van der Waals surface area contributed by atoms with Crippen molar-refractivity contribution in [3.63, 3.8) is 0 Å². The van der Waals surface area contributed by atoms with Gasteiger partial charge in [0.25, 0.3) is 0 Å². The van der Waals surface area contributed by atoms with Crippen LogP contribution in [-0.4, -0.2) is 36.5 Å². The van der Waals surface area contributed by atoms with E-state index in [4.69, 9.17) is 4.74 Å². The van der Waals surface area contributed by atoms with Crippen molar-refractivity contribution in [3.05, 3.63) is 12.2 Å². The molecule has 29 heavy (non-hydrogen) atoms. The van der Waals surface area contributed by atoms with Crippen LogP contribution in [0, 0.1) is 11.8 Å². The number of cyclic esters (lactones) is 1. The molecule has 0 bridgehead atoms. The van der Waals surface area contributed by atoms with Crippen LogP contribution in [-0.2, 0) is 19.1 Å². The van der Waals surface area contributed by atoms with E-state index < -0.39 is 5.92 Å². The Balaban J connectivity index is 2.91. The molecule has 6 nitrogen and oxygen atoms in total. The van der Waals surface area contributed by atoms with Gasteiger partial charge in [-0.3, -0.25) is 14.4 Å². The number of hydrogen-bond acceptors (Lipinski definition) is 4. The maximum atomic E-state index is 13.0. The number of rotatable bonds is 7. The average molecular weight is 409 g/mol. The third-order valence-corrected chi connectivity index (χ3v) is 5.41. The summed E-state index contributed by atoms with van der Waals surface area (Å²) in [5.74, 6) is -0.425. The minimum atomic E-state index is -0.423. The van der Waals surface area contributed by atoms with Crippen molar-refractivity contribution in [2.24, 2.45) is 11.8 Å². The predicted octanol–water partition coefficient (Wildman–Crippen LogP) is 3.89. The maximum absolute atomic E-state index is 13.0. The van der Waals surface area contributed by atoms with Crippen molar-refractivity contribution in [3.8, 4) is 0 Å². The highest BCUT2D eigenvalue weighted by atomic mass is 16.5. The van der Waals surface area contributed by atoms with Crippen LogP contribution in [0.2, 0.25) is 0 Å². The number of esters is 1. The number of ether oxygens (including phenoxy) is 1. The number of nitrogens with one attached hydrogen (secondary N) is 2. The largest absolute Gasteiger partial charge is 0.463 e. The van der Waals surface area contributed by atoms with E-state index in [-0.39, 0.29) is 42.9 Å². The zero-order chi connectivity index (χ0) is 21.6. The molecule has 1 heterocycles. The van der Waals surface area contributed by atoms with Gasteiger partial charge in [0.2, 0.25) is 11.8 Å². The minimum Gasteiger partial charge on any atom is -0.463 e. The fraction of sp³-hybridized carbons (Fsp3) is 0.783. The van der Waals surface area contributed by atoms with Gasteiger partial charge in [-0.1, -0.05) is 38.8 Å². The molecule has 1 rings (SSSR count). The first kappa shape index (κ1) is 25.2. The topological polar surface area (TPSA) is 84.5 Å². The molecule has 0 aromatic carbocycles. The van der Waals surface area contributed by atoms with E-state index in [9.17, 15) is 14.4 Å². The van der Waals surface area contributed by atoms with Gasteiger partial charge in [0.05, 0.1) is 12.0 Å². The average Bonchev–Trinajstić information content (AvgIpc) is 2.66. The lowest BCUT2D eigenvalue weighted by atomic mass is 9.93. The molecule has 0 saturated carbocycles.